The number of fused-ring (bicyclic) bond motifs is 2. The molecule has 0 atom stereocenters. The molecule has 0 aliphatic carbocycles. The molecular formula is C22H26Cl3N3O2. The van der Waals surface area contributed by atoms with Crippen molar-refractivity contribution >= 4 is 69.1 Å². The number of hydrogen-bond donors (Lipinski definition) is 1. The fourth-order valence-corrected chi connectivity index (χ4v) is 3.73. The Morgan fingerprint density at radius 3 is 2.07 bits per heavy atom. The number of aromatic nitrogens is 1. The molecule has 3 aromatic rings. The summed E-state index contributed by atoms with van der Waals surface area (Å²) in [5, 5.41) is 5.49. The molecule has 0 bridgehead atoms. The molecule has 0 fully saturated rings. The predicted molar refractivity (Wildman–Crippen MR) is 128 cm³/mol. The summed E-state index contributed by atoms with van der Waals surface area (Å²) in [6.45, 7) is 2.93. The number of alkyl halides is 2. The summed E-state index contributed by atoms with van der Waals surface area (Å²) < 4.78 is 5.36. The highest BCUT2D eigenvalue weighted by atomic mass is 35.5. The Hall–Kier alpha value is -1.79. The van der Waals surface area contributed by atoms with Crippen LogP contribution in [0, 0.1) is 0 Å². The Bertz CT molecular complexity index is 895. The first-order chi connectivity index (χ1) is 14.2. The lowest BCUT2D eigenvalue weighted by atomic mass is 10.1. The molecule has 0 aliphatic rings. The topological polar surface area (TPSA) is 54.5 Å². The van der Waals surface area contributed by atoms with Crippen LogP contribution in [0.15, 0.2) is 48.5 Å². The summed E-state index contributed by atoms with van der Waals surface area (Å²) in [5.74, 6) is 0.836. The number of carbonyl (C=O) groups excluding carboxylic acids is 1. The Morgan fingerprint density at radius 1 is 0.933 bits per heavy atom. The second kappa shape index (κ2) is 12.8. The fraction of sp³-hybridized carbons (Fsp3) is 0.364. The molecule has 1 heterocycles. The third-order valence-electron chi connectivity index (χ3n) is 4.69. The number of nitrogens with one attached hydrogen (secondary N) is 1. The van der Waals surface area contributed by atoms with Crippen molar-refractivity contribution in [3.8, 4) is 0 Å². The van der Waals surface area contributed by atoms with Gasteiger partial charge in [0.25, 0.3) is 0 Å². The molecule has 8 heteroatoms. The van der Waals surface area contributed by atoms with Crippen LogP contribution in [0.3, 0.4) is 0 Å². The van der Waals surface area contributed by atoms with E-state index in [1.54, 1.807) is 0 Å². The standard InChI is InChI=1S/C22H25Cl2N3O2.ClH/c23-10-13-27(14-11-24)15-16-29-21(28)9-12-25-22-17-5-1-3-7-19(17)26-20-8-4-2-6-18(20)22;/h1-8H,9-16H2,(H,25,26);1H. The highest BCUT2D eigenvalue weighted by Crippen LogP contribution is 2.30. The zero-order valence-electron chi connectivity index (χ0n) is 16.7. The van der Waals surface area contributed by atoms with E-state index in [1.807, 2.05) is 48.5 Å². The number of halogens is 3. The van der Waals surface area contributed by atoms with Gasteiger partial charge in [0.1, 0.15) is 6.61 Å². The molecule has 30 heavy (non-hydrogen) atoms. The van der Waals surface area contributed by atoms with Gasteiger partial charge in [-0.3, -0.25) is 9.69 Å². The van der Waals surface area contributed by atoms with Gasteiger partial charge in [-0.2, -0.15) is 0 Å². The maximum Gasteiger partial charge on any atom is 0.307 e. The van der Waals surface area contributed by atoms with E-state index in [9.17, 15) is 4.79 Å². The molecule has 0 saturated heterocycles. The smallest absolute Gasteiger partial charge is 0.307 e. The lowest BCUT2D eigenvalue weighted by Gasteiger charge is -2.19. The van der Waals surface area contributed by atoms with Crippen LogP contribution in [0.5, 0.6) is 0 Å². The van der Waals surface area contributed by atoms with Crippen molar-refractivity contribution in [2.75, 3.05) is 49.9 Å². The molecule has 162 valence electrons. The van der Waals surface area contributed by atoms with Gasteiger partial charge in [-0.25, -0.2) is 4.98 Å². The molecule has 5 nitrogen and oxygen atoms in total. The lowest BCUT2D eigenvalue weighted by Crippen LogP contribution is -2.32. The van der Waals surface area contributed by atoms with Gasteiger partial charge in [0.2, 0.25) is 0 Å². The number of rotatable bonds is 11. The normalized spacial score (nSPS) is 10.9. The highest BCUT2D eigenvalue weighted by Gasteiger charge is 2.10. The zero-order chi connectivity index (χ0) is 20.5. The maximum atomic E-state index is 12.1. The van der Waals surface area contributed by atoms with Crippen LogP contribution < -0.4 is 5.32 Å². The van der Waals surface area contributed by atoms with Crippen LogP contribution in [0.2, 0.25) is 0 Å². The van der Waals surface area contributed by atoms with E-state index in [1.165, 1.54) is 0 Å². The minimum Gasteiger partial charge on any atom is -0.464 e. The molecule has 1 N–H and O–H groups in total. The van der Waals surface area contributed by atoms with E-state index >= 15 is 0 Å². The summed E-state index contributed by atoms with van der Waals surface area (Å²) in [6, 6.07) is 16.0. The van der Waals surface area contributed by atoms with E-state index in [2.05, 4.69) is 10.2 Å². The molecule has 2 aromatic carbocycles. The van der Waals surface area contributed by atoms with Crippen LogP contribution >= 0.6 is 35.6 Å². The van der Waals surface area contributed by atoms with Gasteiger partial charge in [0.05, 0.1) is 23.1 Å². The second-order valence-corrected chi connectivity index (χ2v) is 7.39. The third-order valence-corrected chi connectivity index (χ3v) is 5.03. The van der Waals surface area contributed by atoms with Crippen LogP contribution in [0.1, 0.15) is 6.42 Å². The molecule has 0 unspecified atom stereocenters. The first-order valence-corrected chi connectivity index (χ1v) is 10.8. The third kappa shape index (κ3) is 6.61. The molecule has 3 rings (SSSR count). The number of ether oxygens (including phenoxy) is 1. The highest BCUT2D eigenvalue weighted by molar-refractivity contribution is 6.18. The number of anilines is 1. The summed E-state index contributed by atoms with van der Waals surface area (Å²) >= 11 is 11.6. The quantitative estimate of drug-likeness (QED) is 0.244. The summed E-state index contributed by atoms with van der Waals surface area (Å²) in [4.78, 5) is 18.9. The molecule has 0 radical (unpaired) electrons. The number of esters is 1. The molecule has 0 aliphatic heterocycles. The van der Waals surface area contributed by atoms with Crippen molar-refractivity contribution in [1.82, 2.24) is 9.88 Å². The number of carbonyl (C=O) groups is 1. The van der Waals surface area contributed by atoms with Crippen LogP contribution in [0.25, 0.3) is 21.8 Å². The van der Waals surface area contributed by atoms with Gasteiger partial charge in [0.15, 0.2) is 0 Å². The Balaban J connectivity index is 0.00000320. The minimum absolute atomic E-state index is 0. The predicted octanol–water partition coefficient (Wildman–Crippen LogP) is 4.93. The summed E-state index contributed by atoms with van der Waals surface area (Å²) in [5.41, 5.74) is 2.85. The van der Waals surface area contributed by atoms with Crippen molar-refractivity contribution in [1.29, 1.82) is 0 Å². The Kier molecular flexibility index (Phi) is 10.4. The average molecular weight is 471 g/mol. The molecular weight excluding hydrogens is 445 g/mol. The van der Waals surface area contributed by atoms with Crippen molar-refractivity contribution in [3.05, 3.63) is 48.5 Å². The van der Waals surface area contributed by atoms with Gasteiger partial charge in [-0.05, 0) is 12.1 Å². The van der Waals surface area contributed by atoms with Crippen LogP contribution in [0.4, 0.5) is 5.69 Å². The van der Waals surface area contributed by atoms with Crippen molar-refractivity contribution < 1.29 is 9.53 Å². The largest absolute Gasteiger partial charge is 0.464 e. The number of benzene rings is 2. The second-order valence-electron chi connectivity index (χ2n) is 6.64. The number of hydrogen-bond acceptors (Lipinski definition) is 5. The number of para-hydroxylation sites is 2. The van der Waals surface area contributed by atoms with E-state index in [0.29, 0.717) is 31.5 Å². The summed E-state index contributed by atoms with van der Waals surface area (Å²) in [6.07, 6.45) is 0.288. The van der Waals surface area contributed by atoms with E-state index in [-0.39, 0.29) is 24.8 Å². The Morgan fingerprint density at radius 2 is 1.50 bits per heavy atom. The van der Waals surface area contributed by atoms with Crippen molar-refractivity contribution in [2.45, 2.75) is 6.42 Å². The van der Waals surface area contributed by atoms with Gasteiger partial charge >= 0.3 is 5.97 Å². The first-order valence-electron chi connectivity index (χ1n) is 9.74. The molecule has 1 aromatic heterocycles. The van der Waals surface area contributed by atoms with Crippen molar-refractivity contribution in [3.63, 3.8) is 0 Å². The SMILES string of the molecule is Cl.O=C(CCNc1c2ccccc2nc2ccccc12)OCCN(CCCl)CCCl. The maximum absolute atomic E-state index is 12.1. The van der Waals surface area contributed by atoms with Crippen LogP contribution in [-0.4, -0.2) is 60.4 Å². The van der Waals surface area contributed by atoms with Gasteiger partial charge in [-0.1, -0.05) is 36.4 Å². The number of nitrogens with zero attached hydrogens (tertiary/aromatic N) is 2. The van der Waals surface area contributed by atoms with E-state index in [0.717, 1.165) is 40.6 Å². The average Bonchev–Trinajstić information content (AvgIpc) is 2.73. The lowest BCUT2D eigenvalue weighted by molar-refractivity contribution is -0.143. The molecule has 0 saturated carbocycles. The molecule has 0 spiro atoms. The molecule has 0 amide bonds. The van der Waals surface area contributed by atoms with Gasteiger partial charge in [-0.15, -0.1) is 35.6 Å². The summed E-state index contributed by atoms with van der Waals surface area (Å²) in [7, 11) is 0. The fourth-order valence-electron chi connectivity index (χ4n) is 3.26. The minimum atomic E-state index is -0.225. The van der Waals surface area contributed by atoms with Gasteiger partial charge < -0.3 is 10.1 Å². The van der Waals surface area contributed by atoms with Gasteiger partial charge in [0, 0.05) is 48.7 Å². The van der Waals surface area contributed by atoms with Crippen LogP contribution in [-0.2, 0) is 9.53 Å². The van der Waals surface area contributed by atoms with E-state index < -0.39 is 0 Å². The zero-order valence-corrected chi connectivity index (χ0v) is 19.0. The van der Waals surface area contributed by atoms with E-state index in [4.69, 9.17) is 32.9 Å². The van der Waals surface area contributed by atoms with Crippen molar-refractivity contribution in [2.24, 2.45) is 0 Å². The monoisotopic (exact) mass is 469 g/mol. The number of pyridine rings is 1. The first kappa shape index (κ1) is 24.5. The Labute approximate surface area is 193 Å².